The van der Waals surface area contributed by atoms with Gasteiger partial charge in [-0.3, -0.25) is 4.79 Å². The van der Waals surface area contributed by atoms with E-state index in [1.54, 1.807) is 24.3 Å². The Labute approximate surface area is 118 Å². The van der Waals surface area contributed by atoms with E-state index in [4.69, 9.17) is 5.73 Å². The Hall–Kier alpha value is -1.60. The maximum atomic E-state index is 11.8. The Morgan fingerprint density at radius 1 is 1.35 bits per heavy atom. The molecule has 1 aliphatic carbocycles. The van der Waals surface area contributed by atoms with Crippen molar-refractivity contribution in [2.24, 2.45) is 0 Å². The minimum absolute atomic E-state index is 0.112. The van der Waals surface area contributed by atoms with Gasteiger partial charge in [-0.1, -0.05) is 12.1 Å². The molecule has 110 valence electrons. The number of rotatable bonds is 7. The van der Waals surface area contributed by atoms with Crippen LogP contribution >= 0.6 is 0 Å². The summed E-state index contributed by atoms with van der Waals surface area (Å²) < 4.78 is 26.1. The quantitative estimate of drug-likeness (QED) is 0.632. The third kappa shape index (κ3) is 5.18. The number of carbonyl (C=O) groups is 1. The predicted octanol–water partition coefficient (Wildman–Crippen LogP) is 0.357. The van der Waals surface area contributed by atoms with Gasteiger partial charge in [-0.15, -0.1) is 0 Å². The number of nitrogens with one attached hydrogen (secondary N) is 2. The Balaban J connectivity index is 1.77. The molecule has 0 bridgehead atoms. The standard InChI is InChI=1S/C13H19N3O3S/c14-11-3-1-2-10(8-11)9-20(18,19)15-7-6-13(17)16-12-4-5-12/h1-3,8,12,15H,4-7,9,14H2,(H,16,17). The zero-order chi connectivity index (χ0) is 14.6. The summed E-state index contributed by atoms with van der Waals surface area (Å²) >= 11 is 0. The molecule has 4 N–H and O–H groups in total. The minimum atomic E-state index is -3.45. The number of benzene rings is 1. The highest BCUT2D eigenvalue weighted by Crippen LogP contribution is 2.18. The molecular weight excluding hydrogens is 278 g/mol. The molecule has 7 heteroatoms. The summed E-state index contributed by atoms with van der Waals surface area (Å²) in [6.07, 6.45) is 2.20. The predicted molar refractivity (Wildman–Crippen MR) is 77.3 cm³/mol. The zero-order valence-electron chi connectivity index (χ0n) is 11.1. The van der Waals surface area contributed by atoms with Gasteiger partial charge in [0.1, 0.15) is 0 Å². The van der Waals surface area contributed by atoms with Crippen LogP contribution in [0.15, 0.2) is 24.3 Å². The first-order valence-corrected chi connectivity index (χ1v) is 8.21. The normalized spacial score (nSPS) is 15.0. The fourth-order valence-corrected chi connectivity index (χ4v) is 2.93. The van der Waals surface area contributed by atoms with Gasteiger partial charge >= 0.3 is 0 Å². The van der Waals surface area contributed by atoms with Crippen molar-refractivity contribution in [3.8, 4) is 0 Å². The van der Waals surface area contributed by atoms with Crippen LogP contribution in [0.3, 0.4) is 0 Å². The Kier molecular flexibility index (Phi) is 4.61. The number of hydrogen-bond donors (Lipinski definition) is 3. The van der Waals surface area contributed by atoms with Gasteiger partial charge in [-0.2, -0.15) is 0 Å². The lowest BCUT2D eigenvalue weighted by molar-refractivity contribution is -0.121. The SMILES string of the molecule is Nc1cccc(CS(=O)(=O)NCCC(=O)NC2CC2)c1. The van der Waals surface area contributed by atoms with E-state index in [0.717, 1.165) is 12.8 Å². The summed E-state index contributed by atoms with van der Waals surface area (Å²) in [6.45, 7) is 0.114. The van der Waals surface area contributed by atoms with Gasteiger partial charge in [-0.05, 0) is 30.5 Å². The number of amides is 1. The van der Waals surface area contributed by atoms with E-state index in [9.17, 15) is 13.2 Å². The molecule has 1 aromatic carbocycles. The lowest BCUT2D eigenvalue weighted by Gasteiger charge is -2.07. The maximum absolute atomic E-state index is 11.8. The number of sulfonamides is 1. The summed E-state index contributed by atoms with van der Waals surface area (Å²) in [5, 5.41) is 2.81. The fourth-order valence-electron chi connectivity index (χ4n) is 1.80. The largest absolute Gasteiger partial charge is 0.399 e. The van der Waals surface area contributed by atoms with Crippen molar-refractivity contribution in [1.82, 2.24) is 10.0 Å². The van der Waals surface area contributed by atoms with Crippen molar-refractivity contribution in [3.63, 3.8) is 0 Å². The molecule has 1 aromatic rings. The second-order valence-electron chi connectivity index (χ2n) is 4.99. The van der Waals surface area contributed by atoms with Gasteiger partial charge in [0, 0.05) is 24.7 Å². The first-order chi connectivity index (χ1) is 9.44. The molecule has 0 heterocycles. The lowest BCUT2D eigenvalue weighted by atomic mass is 10.2. The monoisotopic (exact) mass is 297 g/mol. The molecule has 1 saturated carbocycles. The fraction of sp³-hybridized carbons (Fsp3) is 0.462. The number of anilines is 1. The Morgan fingerprint density at radius 3 is 2.75 bits per heavy atom. The number of hydrogen-bond acceptors (Lipinski definition) is 4. The maximum Gasteiger partial charge on any atom is 0.221 e. The summed E-state index contributed by atoms with van der Waals surface area (Å²) in [5.41, 5.74) is 6.76. The highest BCUT2D eigenvalue weighted by Gasteiger charge is 2.23. The highest BCUT2D eigenvalue weighted by molar-refractivity contribution is 7.88. The molecule has 1 amide bonds. The molecule has 0 saturated heterocycles. The van der Waals surface area contributed by atoms with Crippen molar-refractivity contribution in [2.75, 3.05) is 12.3 Å². The molecule has 0 unspecified atom stereocenters. The van der Waals surface area contributed by atoms with Gasteiger partial charge < -0.3 is 11.1 Å². The molecule has 20 heavy (non-hydrogen) atoms. The Bertz CT molecular complexity index is 582. The van der Waals surface area contributed by atoms with Crippen LogP contribution in [0.2, 0.25) is 0 Å². The zero-order valence-corrected chi connectivity index (χ0v) is 11.9. The van der Waals surface area contributed by atoms with Gasteiger partial charge in [0.05, 0.1) is 5.75 Å². The van der Waals surface area contributed by atoms with Crippen LogP contribution in [0.5, 0.6) is 0 Å². The molecule has 0 aliphatic heterocycles. The van der Waals surface area contributed by atoms with Gasteiger partial charge in [0.15, 0.2) is 0 Å². The van der Waals surface area contributed by atoms with Crippen LogP contribution in [0.25, 0.3) is 0 Å². The van der Waals surface area contributed by atoms with E-state index in [0.29, 0.717) is 17.3 Å². The van der Waals surface area contributed by atoms with Gasteiger partial charge in [0.2, 0.25) is 15.9 Å². The first kappa shape index (κ1) is 14.8. The molecule has 0 radical (unpaired) electrons. The lowest BCUT2D eigenvalue weighted by Crippen LogP contribution is -2.32. The third-order valence-electron chi connectivity index (χ3n) is 2.92. The van der Waals surface area contributed by atoms with Crippen molar-refractivity contribution < 1.29 is 13.2 Å². The number of nitrogen functional groups attached to an aromatic ring is 1. The van der Waals surface area contributed by atoms with Crippen molar-refractivity contribution in [2.45, 2.75) is 31.1 Å². The van der Waals surface area contributed by atoms with E-state index in [1.165, 1.54) is 0 Å². The van der Waals surface area contributed by atoms with Crippen LogP contribution in [-0.2, 0) is 20.6 Å². The number of nitrogens with two attached hydrogens (primary N) is 1. The van der Waals surface area contributed by atoms with Crippen molar-refractivity contribution in [3.05, 3.63) is 29.8 Å². The molecule has 0 spiro atoms. The summed E-state index contributed by atoms with van der Waals surface area (Å²) in [5.74, 6) is -0.249. The van der Waals surface area contributed by atoms with Crippen LogP contribution in [0.4, 0.5) is 5.69 Å². The second kappa shape index (κ2) is 6.23. The van der Waals surface area contributed by atoms with Gasteiger partial charge in [-0.25, -0.2) is 13.1 Å². The molecule has 0 aromatic heterocycles. The van der Waals surface area contributed by atoms with E-state index < -0.39 is 10.0 Å². The summed E-state index contributed by atoms with van der Waals surface area (Å²) in [4.78, 5) is 11.4. The molecule has 1 aliphatic rings. The smallest absolute Gasteiger partial charge is 0.221 e. The van der Waals surface area contributed by atoms with Crippen LogP contribution in [0, 0.1) is 0 Å². The third-order valence-corrected chi connectivity index (χ3v) is 4.28. The summed E-state index contributed by atoms with van der Waals surface area (Å²) in [7, 11) is -3.45. The van der Waals surface area contributed by atoms with Crippen LogP contribution < -0.4 is 15.8 Å². The van der Waals surface area contributed by atoms with Crippen molar-refractivity contribution >= 4 is 21.6 Å². The average Bonchev–Trinajstić information content (AvgIpc) is 3.11. The molecule has 6 nitrogen and oxygen atoms in total. The van der Waals surface area contributed by atoms with Crippen molar-refractivity contribution in [1.29, 1.82) is 0 Å². The molecular formula is C13H19N3O3S. The topological polar surface area (TPSA) is 101 Å². The van der Waals surface area contributed by atoms with Gasteiger partial charge in [0.25, 0.3) is 0 Å². The first-order valence-electron chi connectivity index (χ1n) is 6.56. The Morgan fingerprint density at radius 2 is 2.10 bits per heavy atom. The van der Waals surface area contributed by atoms with E-state index in [-0.39, 0.29) is 24.6 Å². The van der Waals surface area contributed by atoms with E-state index in [2.05, 4.69) is 10.0 Å². The molecule has 2 rings (SSSR count). The van der Waals surface area contributed by atoms with E-state index >= 15 is 0 Å². The average molecular weight is 297 g/mol. The van der Waals surface area contributed by atoms with Crippen LogP contribution in [0.1, 0.15) is 24.8 Å². The van der Waals surface area contributed by atoms with Crippen LogP contribution in [-0.4, -0.2) is 26.9 Å². The highest BCUT2D eigenvalue weighted by atomic mass is 32.2. The molecule has 1 fully saturated rings. The molecule has 0 atom stereocenters. The second-order valence-corrected chi connectivity index (χ2v) is 6.80. The minimum Gasteiger partial charge on any atom is -0.399 e. The summed E-state index contributed by atoms with van der Waals surface area (Å²) in [6, 6.07) is 7.04. The van der Waals surface area contributed by atoms with E-state index in [1.807, 2.05) is 0 Å². The number of carbonyl (C=O) groups excluding carboxylic acids is 1.